The van der Waals surface area contributed by atoms with Crippen LogP contribution in [0.1, 0.15) is 21.3 Å². The van der Waals surface area contributed by atoms with Crippen LogP contribution in [0.25, 0.3) is 0 Å². The maximum absolute atomic E-state index is 12.7. The van der Waals surface area contributed by atoms with Gasteiger partial charge in [0.25, 0.3) is 5.91 Å². The molecule has 2 aliphatic heterocycles. The van der Waals surface area contributed by atoms with Crippen LogP contribution in [0.3, 0.4) is 0 Å². The topological polar surface area (TPSA) is 60.0 Å². The number of amides is 1. The van der Waals surface area contributed by atoms with Gasteiger partial charge in [-0.05, 0) is 23.6 Å². The van der Waals surface area contributed by atoms with Crippen molar-refractivity contribution in [3.05, 3.63) is 45.1 Å². The van der Waals surface area contributed by atoms with Gasteiger partial charge in [0.2, 0.25) is 0 Å². The first-order valence-corrected chi connectivity index (χ1v) is 10.2. The van der Waals surface area contributed by atoms with Crippen LogP contribution in [0.2, 0.25) is 5.02 Å². The van der Waals surface area contributed by atoms with Crippen LogP contribution in [0, 0.1) is 0 Å². The molecule has 1 unspecified atom stereocenters. The fourth-order valence-corrected chi connectivity index (χ4v) is 4.44. The summed E-state index contributed by atoms with van der Waals surface area (Å²) in [4.78, 5) is 16.3. The molecule has 3 heterocycles. The number of morpholine rings is 1. The van der Waals surface area contributed by atoms with Crippen LogP contribution in [0.15, 0.2) is 29.6 Å². The van der Waals surface area contributed by atoms with E-state index in [2.05, 4.69) is 21.7 Å². The van der Waals surface area contributed by atoms with Gasteiger partial charge in [-0.15, -0.1) is 11.3 Å². The number of carbonyl (C=O) groups is 1. The smallest absolute Gasteiger partial charge is 0.251 e. The Labute approximate surface area is 167 Å². The van der Waals surface area contributed by atoms with Gasteiger partial charge in [0, 0.05) is 30.1 Å². The zero-order valence-electron chi connectivity index (χ0n) is 14.8. The summed E-state index contributed by atoms with van der Waals surface area (Å²) in [6, 6.07) is 7.59. The number of nitrogens with one attached hydrogen (secondary N) is 1. The molecule has 144 valence electrons. The summed E-state index contributed by atoms with van der Waals surface area (Å²) in [6.07, 6.45) is 0. The fraction of sp³-hybridized carbons (Fsp3) is 0.421. The Morgan fingerprint density at radius 1 is 1.22 bits per heavy atom. The summed E-state index contributed by atoms with van der Waals surface area (Å²) < 4.78 is 16.5. The number of rotatable bonds is 5. The summed E-state index contributed by atoms with van der Waals surface area (Å²) in [5.74, 6) is 0.842. The highest BCUT2D eigenvalue weighted by molar-refractivity contribution is 7.10. The average Bonchev–Trinajstić information content (AvgIpc) is 3.23. The van der Waals surface area contributed by atoms with E-state index in [1.165, 1.54) is 4.88 Å². The number of fused-ring (bicyclic) bond motifs is 1. The van der Waals surface area contributed by atoms with Crippen molar-refractivity contribution in [2.24, 2.45) is 0 Å². The normalized spacial score (nSPS) is 18.1. The molecule has 0 radical (unpaired) electrons. The predicted molar refractivity (Wildman–Crippen MR) is 104 cm³/mol. The minimum Gasteiger partial charge on any atom is -0.486 e. The summed E-state index contributed by atoms with van der Waals surface area (Å²) in [5.41, 5.74) is 0.469. The first kappa shape index (κ1) is 18.6. The van der Waals surface area contributed by atoms with Gasteiger partial charge in [-0.25, -0.2) is 0 Å². The van der Waals surface area contributed by atoms with Crippen molar-refractivity contribution in [2.45, 2.75) is 6.04 Å². The number of carbonyl (C=O) groups excluding carboxylic acids is 1. The Bertz CT molecular complexity index is 793. The summed E-state index contributed by atoms with van der Waals surface area (Å²) in [7, 11) is 0. The Morgan fingerprint density at radius 2 is 2.04 bits per heavy atom. The van der Waals surface area contributed by atoms with Gasteiger partial charge in [0.15, 0.2) is 11.5 Å². The minimum absolute atomic E-state index is 0.130. The molecule has 2 aromatic rings. The molecule has 27 heavy (non-hydrogen) atoms. The van der Waals surface area contributed by atoms with Crippen molar-refractivity contribution in [2.75, 3.05) is 46.1 Å². The number of hydrogen-bond acceptors (Lipinski definition) is 6. The van der Waals surface area contributed by atoms with Crippen LogP contribution >= 0.6 is 22.9 Å². The summed E-state index contributed by atoms with van der Waals surface area (Å²) in [5, 5.41) is 5.50. The molecule has 1 aromatic carbocycles. The Morgan fingerprint density at radius 3 is 2.81 bits per heavy atom. The van der Waals surface area contributed by atoms with Gasteiger partial charge in [0.05, 0.1) is 24.3 Å². The first-order chi connectivity index (χ1) is 13.2. The van der Waals surface area contributed by atoms with Crippen LogP contribution in [-0.2, 0) is 4.74 Å². The Hall–Kier alpha value is -1.80. The highest BCUT2D eigenvalue weighted by atomic mass is 35.5. The van der Waals surface area contributed by atoms with E-state index in [1.807, 2.05) is 6.07 Å². The second-order valence-corrected chi connectivity index (χ2v) is 7.76. The van der Waals surface area contributed by atoms with Crippen LogP contribution < -0.4 is 14.8 Å². The molecule has 0 spiro atoms. The third-order valence-corrected chi connectivity index (χ3v) is 5.93. The van der Waals surface area contributed by atoms with E-state index in [0.717, 1.165) is 13.1 Å². The number of halogens is 1. The molecule has 1 saturated heterocycles. The molecular weight excluding hydrogens is 388 g/mol. The van der Waals surface area contributed by atoms with Gasteiger partial charge in [-0.3, -0.25) is 9.69 Å². The van der Waals surface area contributed by atoms with Crippen LogP contribution in [-0.4, -0.2) is 56.9 Å². The quantitative estimate of drug-likeness (QED) is 0.824. The van der Waals surface area contributed by atoms with E-state index in [4.69, 9.17) is 25.8 Å². The van der Waals surface area contributed by atoms with Crippen molar-refractivity contribution in [1.29, 1.82) is 0 Å². The van der Waals surface area contributed by atoms with Gasteiger partial charge >= 0.3 is 0 Å². The minimum atomic E-state index is -0.177. The van der Waals surface area contributed by atoms with E-state index < -0.39 is 0 Å². The molecule has 8 heteroatoms. The molecule has 0 aliphatic carbocycles. The highest BCUT2D eigenvalue weighted by Gasteiger charge is 2.25. The first-order valence-electron chi connectivity index (χ1n) is 8.95. The SMILES string of the molecule is O=C(NCC(c1cccs1)N1CCOCC1)c1cc(Cl)c2c(c1)OCCO2. The third-order valence-electron chi connectivity index (χ3n) is 4.67. The number of nitrogens with zero attached hydrogens (tertiary/aromatic N) is 1. The molecule has 1 atom stereocenters. The molecule has 0 saturated carbocycles. The van der Waals surface area contributed by atoms with E-state index in [1.54, 1.807) is 23.5 Å². The number of ether oxygens (including phenoxy) is 3. The Kier molecular flexibility index (Phi) is 5.83. The monoisotopic (exact) mass is 408 g/mol. The lowest BCUT2D eigenvalue weighted by atomic mass is 10.1. The van der Waals surface area contributed by atoms with Crippen molar-refractivity contribution >= 4 is 28.8 Å². The van der Waals surface area contributed by atoms with E-state index in [9.17, 15) is 4.79 Å². The van der Waals surface area contributed by atoms with Crippen LogP contribution in [0.4, 0.5) is 0 Å². The summed E-state index contributed by atoms with van der Waals surface area (Å²) in [6.45, 7) is 4.57. The number of thiophene rings is 1. The zero-order valence-corrected chi connectivity index (χ0v) is 16.4. The lowest BCUT2D eigenvalue weighted by Crippen LogP contribution is -2.43. The lowest BCUT2D eigenvalue weighted by molar-refractivity contribution is 0.0169. The van der Waals surface area contributed by atoms with Crippen LogP contribution in [0.5, 0.6) is 11.5 Å². The molecule has 1 N–H and O–H groups in total. The van der Waals surface area contributed by atoms with Gasteiger partial charge in [-0.2, -0.15) is 0 Å². The maximum atomic E-state index is 12.7. The van der Waals surface area contributed by atoms with Gasteiger partial charge < -0.3 is 19.5 Å². The molecule has 2 aliphatic rings. The second kappa shape index (κ2) is 8.48. The maximum Gasteiger partial charge on any atom is 0.251 e. The molecule has 1 aromatic heterocycles. The zero-order chi connectivity index (χ0) is 18.6. The van der Waals surface area contributed by atoms with Gasteiger partial charge in [-0.1, -0.05) is 17.7 Å². The molecular formula is C19H21ClN2O4S. The molecule has 6 nitrogen and oxygen atoms in total. The average molecular weight is 409 g/mol. The van der Waals surface area contributed by atoms with Crippen molar-refractivity contribution in [3.63, 3.8) is 0 Å². The van der Waals surface area contributed by atoms with Crippen molar-refractivity contribution < 1.29 is 19.0 Å². The lowest BCUT2D eigenvalue weighted by Gasteiger charge is -2.34. The number of benzene rings is 1. The standard InChI is InChI=1S/C19H21ClN2O4S/c20-14-10-13(11-16-18(14)26-8-7-25-16)19(23)21-12-15(17-2-1-9-27-17)22-3-5-24-6-4-22/h1-2,9-11,15H,3-8,12H2,(H,21,23). The highest BCUT2D eigenvalue weighted by Crippen LogP contribution is 2.38. The molecule has 1 fully saturated rings. The van der Waals surface area contributed by atoms with Crippen molar-refractivity contribution in [1.82, 2.24) is 10.2 Å². The van der Waals surface area contributed by atoms with Crippen molar-refractivity contribution in [3.8, 4) is 11.5 Å². The predicted octanol–water partition coefficient (Wildman–Crippen LogP) is 2.98. The van der Waals surface area contributed by atoms with E-state index in [0.29, 0.717) is 55.1 Å². The van der Waals surface area contributed by atoms with E-state index in [-0.39, 0.29) is 11.9 Å². The Balaban J connectivity index is 1.47. The second-order valence-electron chi connectivity index (χ2n) is 6.37. The largest absolute Gasteiger partial charge is 0.486 e. The summed E-state index contributed by atoms with van der Waals surface area (Å²) >= 11 is 7.95. The molecule has 4 rings (SSSR count). The number of hydrogen-bond donors (Lipinski definition) is 1. The molecule has 1 amide bonds. The van der Waals surface area contributed by atoms with E-state index >= 15 is 0 Å². The fourth-order valence-electron chi connectivity index (χ4n) is 3.31. The molecule has 0 bridgehead atoms. The third kappa shape index (κ3) is 4.21. The van der Waals surface area contributed by atoms with Gasteiger partial charge in [0.1, 0.15) is 13.2 Å².